The number of nitrogens with zero attached hydrogens (tertiary/aromatic N) is 5. The third-order valence-electron chi connectivity index (χ3n) is 5.20. The van der Waals surface area contributed by atoms with Crippen LogP contribution in [0.5, 0.6) is 0 Å². The van der Waals surface area contributed by atoms with Gasteiger partial charge >= 0.3 is 0 Å². The van der Waals surface area contributed by atoms with E-state index in [2.05, 4.69) is 20.4 Å². The molecule has 2 aromatic carbocycles. The Bertz CT molecular complexity index is 1080. The Kier molecular flexibility index (Phi) is 7.00. The highest BCUT2D eigenvalue weighted by Gasteiger charge is 2.22. The molecule has 0 radical (unpaired) electrons. The molecule has 0 bridgehead atoms. The highest BCUT2D eigenvalue weighted by atomic mass is 32.2. The number of aromatic nitrogens is 3. The van der Waals surface area contributed by atoms with Crippen molar-refractivity contribution in [2.75, 3.05) is 29.1 Å². The van der Waals surface area contributed by atoms with Gasteiger partial charge in [0.25, 0.3) is 5.69 Å². The lowest BCUT2D eigenvalue weighted by Gasteiger charge is -2.27. The first kappa shape index (κ1) is 21.8. The molecule has 1 aliphatic heterocycles. The van der Waals surface area contributed by atoms with Crippen LogP contribution >= 0.6 is 11.8 Å². The molecular weight excluding hydrogens is 428 g/mol. The molecule has 0 atom stereocenters. The summed E-state index contributed by atoms with van der Waals surface area (Å²) in [5.74, 6) is 1.01. The third kappa shape index (κ3) is 5.08. The first-order chi connectivity index (χ1) is 15.6. The van der Waals surface area contributed by atoms with E-state index in [1.807, 2.05) is 34.9 Å². The molecule has 1 aromatic heterocycles. The Morgan fingerprint density at radius 1 is 1.03 bits per heavy atom. The van der Waals surface area contributed by atoms with Gasteiger partial charge in [-0.05, 0) is 37.5 Å². The molecule has 0 aliphatic carbocycles. The van der Waals surface area contributed by atoms with Crippen LogP contribution in [0.3, 0.4) is 0 Å². The fraction of sp³-hybridized carbons (Fsp3) is 0.318. The zero-order chi connectivity index (χ0) is 22.3. The van der Waals surface area contributed by atoms with Crippen LogP contribution in [0.15, 0.2) is 59.8 Å². The number of hydrogen-bond acceptors (Lipinski definition) is 7. The molecule has 1 saturated heterocycles. The van der Waals surface area contributed by atoms with Crippen molar-refractivity contribution in [3.8, 4) is 5.69 Å². The molecule has 1 N–H and O–H groups in total. The number of anilines is 2. The van der Waals surface area contributed by atoms with Gasteiger partial charge < -0.3 is 10.2 Å². The predicted molar refractivity (Wildman–Crippen MR) is 124 cm³/mol. The molecule has 1 fully saturated rings. The van der Waals surface area contributed by atoms with Crippen LogP contribution in [0.25, 0.3) is 5.69 Å². The van der Waals surface area contributed by atoms with Gasteiger partial charge in [-0.1, -0.05) is 42.1 Å². The SMILES string of the molecule is O=C(CCSc1nnc(N2CCCCC2)n1-c1ccccc1)Nc1ccccc1[N+](=O)[O-]. The number of benzene rings is 2. The summed E-state index contributed by atoms with van der Waals surface area (Å²) in [6.45, 7) is 1.90. The van der Waals surface area contributed by atoms with Crippen LogP contribution in [0.4, 0.5) is 17.3 Å². The summed E-state index contributed by atoms with van der Waals surface area (Å²) in [4.78, 5) is 25.3. The highest BCUT2D eigenvalue weighted by Crippen LogP contribution is 2.29. The Morgan fingerprint density at radius 3 is 2.50 bits per heavy atom. The van der Waals surface area contributed by atoms with E-state index in [9.17, 15) is 14.9 Å². The molecule has 4 rings (SSSR count). The van der Waals surface area contributed by atoms with Gasteiger partial charge in [-0.3, -0.25) is 19.5 Å². The van der Waals surface area contributed by atoms with Crippen LogP contribution < -0.4 is 10.2 Å². The van der Waals surface area contributed by atoms with E-state index in [0.717, 1.165) is 42.7 Å². The van der Waals surface area contributed by atoms with E-state index in [0.29, 0.717) is 5.75 Å². The average Bonchev–Trinajstić information content (AvgIpc) is 3.24. The molecule has 9 nitrogen and oxygen atoms in total. The molecule has 1 amide bonds. The molecule has 10 heteroatoms. The van der Waals surface area contributed by atoms with E-state index < -0.39 is 4.92 Å². The normalized spacial score (nSPS) is 13.7. The Balaban J connectivity index is 1.45. The Labute approximate surface area is 190 Å². The summed E-state index contributed by atoms with van der Waals surface area (Å²) in [6, 6.07) is 16.1. The smallest absolute Gasteiger partial charge is 0.292 e. The predicted octanol–water partition coefficient (Wildman–Crippen LogP) is 4.29. The van der Waals surface area contributed by atoms with E-state index in [1.54, 1.807) is 12.1 Å². The summed E-state index contributed by atoms with van der Waals surface area (Å²) < 4.78 is 2.04. The maximum absolute atomic E-state index is 12.4. The van der Waals surface area contributed by atoms with Gasteiger partial charge in [0.05, 0.1) is 10.6 Å². The molecule has 1 aliphatic rings. The first-order valence-electron chi connectivity index (χ1n) is 10.6. The topological polar surface area (TPSA) is 106 Å². The summed E-state index contributed by atoms with van der Waals surface area (Å²) in [5.41, 5.74) is 1.06. The lowest BCUT2D eigenvalue weighted by Crippen LogP contribution is -2.31. The van der Waals surface area contributed by atoms with Crippen molar-refractivity contribution in [2.24, 2.45) is 0 Å². The van der Waals surface area contributed by atoms with Gasteiger partial charge in [0, 0.05) is 31.3 Å². The molecule has 0 saturated carbocycles. The van der Waals surface area contributed by atoms with Crippen molar-refractivity contribution in [1.82, 2.24) is 14.8 Å². The second kappa shape index (κ2) is 10.3. The van der Waals surface area contributed by atoms with E-state index >= 15 is 0 Å². The molecule has 32 heavy (non-hydrogen) atoms. The van der Waals surface area contributed by atoms with E-state index in [1.165, 1.54) is 30.3 Å². The molecule has 166 valence electrons. The number of rotatable bonds is 8. The number of hydrogen-bond donors (Lipinski definition) is 1. The monoisotopic (exact) mass is 452 g/mol. The van der Waals surface area contributed by atoms with E-state index in [4.69, 9.17) is 0 Å². The van der Waals surface area contributed by atoms with Crippen LogP contribution in [0.2, 0.25) is 0 Å². The molecule has 0 unspecified atom stereocenters. The maximum atomic E-state index is 12.4. The summed E-state index contributed by atoms with van der Waals surface area (Å²) in [6.07, 6.45) is 3.69. The van der Waals surface area contributed by atoms with Gasteiger partial charge in [0.2, 0.25) is 11.9 Å². The highest BCUT2D eigenvalue weighted by molar-refractivity contribution is 7.99. The lowest BCUT2D eigenvalue weighted by atomic mass is 10.1. The van der Waals surface area contributed by atoms with Crippen LogP contribution in [-0.4, -0.2) is 44.4 Å². The fourth-order valence-corrected chi connectivity index (χ4v) is 4.53. The summed E-state index contributed by atoms with van der Waals surface area (Å²) >= 11 is 1.44. The van der Waals surface area contributed by atoms with Gasteiger partial charge in [-0.25, -0.2) is 0 Å². The zero-order valence-electron chi connectivity index (χ0n) is 17.5. The quantitative estimate of drug-likeness (QED) is 0.309. The number of amides is 1. The second-order valence-electron chi connectivity index (χ2n) is 7.42. The number of nitro benzene ring substituents is 1. The fourth-order valence-electron chi connectivity index (χ4n) is 3.64. The number of carbonyl (C=O) groups is 1. The second-order valence-corrected chi connectivity index (χ2v) is 8.48. The van der Waals surface area contributed by atoms with Gasteiger partial charge in [0.1, 0.15) is 5.69 Å². The molecule has 0 spiro atoms. The van der Waals surface area contributed by atoms with Gasteiger partial charge in [0.15, 0.2) is 5.16 Å². The minimum atomic E-state index is -0.505. The number of piperidine rings is 1. The maximum Gasteiger partial charge on any atom is 0.292 e. The van der Waals surface area contributed by atoms with Crippen molar-refractivity contribution >= 4 is 35.0 Å². The van der Waals surface area contributed by atoms with Crippen molar-refractivity contribution in [3.05, 3.63) is 64.7 Å². The van der Waals surface area contributed by atoms with Crippen molar-refractivity contribution in [3.63, 3.8) is 0 Å². The average molecular weight is 453 g/mol. The van der Waals surface area contributed by atoms with Gasteiger partial charge in [-0.15, -0.1) is 10.2 Å². The molecular formula is C22H24N6O3S. The van der Waals surface area contributed by atoms with Crippen molar-refractivity contribution < 1.29 is 9.72 Å². The number of nitrogens with one attached hydrogen (secondary N) is 1. The Hall–Kier alpha value is -3.40. The molecule has 3 aromatic rings. The first-order valence-corrected chi connectivity index (χ1v) is 11.5. The minimum Gasteiger partial charge on any atom is -0.341 e. The Morgan fingerprint density at radius 2 is 1.75 bits per heavy atom. The standard InChI is InChI=1S/C22H24N6O3S/c29-20(23-18-11-5-6-12-19(18)28(30)31)13-16-32-22-25-24-21(26-14-7-2-8-15-26)27(22)17-9-3-1-4-10-17/h1,3-6,9-12H,2,7-8,13-16H2,(H,23,29). The van der Waals surface area contributed by atoms with Crippen molar-refractivity contribution in [2.45, 2.75) is 30.8 Å². The van der Waals surface area contributed by atoms with Crippen LogP contribution in [0.1, 0.15) is 25.7 Å². The summed E-state index contributed by atoms with van der Waals surface area (Å²) in [7, 11) is 0. The number of para-hydroxylation sites is 3. The lowest BCUT2D eigenvalue weighted by molar-refractivity contribution is -0.383. The van der Waals surface area contributed by atoms with Crippen molar-refractivity contribution in [1.29, 1.82) is 0 Å². The number of carbonyl (C=O) groups excluding carboxylic acids is 1. The largest absolute Gasteiger partial charge is 0.341 e. The van der Waals surface area contributed by atoms with Crippen LogP contribution in [0, 0.1) is 10.1 Å². The zero-order valence-corrected chi connectivity index (χ0v) is 18.3. The third-order valence-corrected chi connectivity index (χ3v) is 6.14. The number of thioether (sulfide) groups is 1. The number of nitro groups is 1. The minimum absolute atomic E-state index is 0.122. The van der Waals surface area contributed by atoms with Gasteiger partial charge in [-0.2, -0.15) is 0 Å². The summed E-state index contributed by atoms with van der Waals surface area (Å²) in [5, 5.41) is 23.3. The van der Waals surface area contributed by atoms with E-state index in [-0.39, 0.29) is 23.7 Å². The van der Waals surface area contributed by atoms with Crippen LogP contribution in [-0.2, 0) is 4.79 Å². The molecule has 2 heterocycles.